The van der Waals surface area contributed by atoms with Crippen molar-refractivity contribution in [1.29, 1.82) is 0 Å². The highest BCUT2D eigenvalue weighted by atomic mass is 35.5. The van der Waals surface area contributed by atoms with Gasteiger partial charge in [-0.2, -0.15) is 0 Å². The van der Waals surface area contributed by atoms with Crippen LogP contribution in [0.15, 0.2) is 24.3 Å². The molecule has 0 aliphatic heterocycles. The second-order valence-electron chi connectivity index (χ2n) is 5.21. The number of benzene rings is 1. The summed E-state index contributed by atoms with van der Waals surface area (Å²) in [7, 11) is 1.51. The van der Waals surface area contributed by atoms with Crippen LogP contribution in [0.4, 0.5) is 5.69 Å². The lowest BCUT2D eigenvalue weighted by molar-refractivity contribution is -0.123. The molecule has 2 aromatic rings. The molecule has 0 bridgehead atoms. The molecule has 0 fully saturated rings. The number of anilines is 1. The Morgan fingerprint density at radius 1 is 1.25 bits per heavy atom. The zero-order valence-corrected chi connectivity index (χ0v) is 15.4. The monoisotopic (exact) mass is 367 g/mol. The number of thiophene rings is 1. The normalized spacial score (nSPS) is 11.7. The number of amides is 1. The second-order valence-corrected chi connectivity index (χ2v) is 7.08. The summed E-state index contributed by atoms with van der Waals surface area (Å²) >= 11 is 7.53. The molecular weight excluding hydrogens is 350 g/mol. The molecule has 5 nitrogen and oxygen atoms in total. The van der Waals surface area contributed by atoms with Gasteiger partial charge in [-0.1, -0.05) is 11.6 Å². The van der Waals surface area contributed by atoms with E-state index < -0.39 is 18.0 Å². The molecule has 2 rings (SSSR count). The Morgan fingerprint density at radius 2 is 1.96 bits per heavy atom. The van der Waals surface area contributed by atoms with Gasteiger partial charge in [0.15, 0.2) is 6.10 Å². The van der Waals surface area contributed by atoms with E-state index in [1.165, 1.54) is 25.4 Å². The SMILES string of the molecule is COc1ccc(NC(=O)[C@H](C)OC(=O)c2cc(C)sc2C)cc1Cl. The number of hydrogen-bond acceptors (Lipinski definition) is 5. The van der Waals surface area contributed by atoms with Crippen molar-refractivity contribution in [1.82, 2.24) is 0 Å². The van der Waals surface area contributed by atoms with Crippen LogP contribution in [0.2, 0.25) is 5.02 Å². The molecule has 128 valence electrons. The number of halogens is 1. The van der Waals surface area contributed by atoms with Crippen LogP contribution in [0, 0.1) is 13.8 Å². The Hall–Kier alpha value is -2.05. The summed E-state index contributed by atoms with van der Waals surface area (Å²) in [5.41, 5.74) is 0.987. The molecule has 7 heteroatoms. The van der Waals surface area contributed by atoms with Crippen molar-refractivity contribution in [3.05, 3.63) is 44.6 Å². The van der Waals surface area contributed by atoms with Crippen LogP contribution < -0.4 is 10.1 Å². The standard InChI is InChI=1S/C17H18ClNO4S/c1-9-7-13(11(3)24-9)17(21)23-10(2)16(20)19-12-5-6-15(22-4)14(18)8-12/h5-8,10H,1-4H3,(H,19,20)/t10-/m0/s1. The molecule has 0 radical (unpaired) electrons. The van der Waals surface area contributed by atoms with E-state index in [1.54, 1.807) is 24.3 Å². The summed E-state index contributed by atoms with van der Waals surface area (Å²) in [6, 6.07) is 6.63. The number of rotatable bonds is 5. The molecule has 1 N–H and O–H groups in total. The Morgan fingerprint density at radius 3 is 2.50 bits per heavy atom. The van der Waals surface area contributed by atoms with E-state index in [0.29, 0.717) is 22.0 Å². The lowest BCUT2D eigenvalue weighted by Gasteiger charge is -2.14. The molecule has 0 unspecified atom stereocenters. The lowest BCUT2D eigenvalue weighted by Crippen LogP contribution is -2.30. The van der Waals surface area contributed by atoms with Crippen LogP contribution >= 0.6 is 22.9 Å². The van der Waals surface area contributed by atoms with Crippen molar-refractivity contribution in [3.8, 4) is 5.75 Å². The first-order chi connectivity index (χ1) is 11.3. The van der Waals surface area contributed by atoms with Gasteiger partial charge < -0.3 is 14.8 Å². The summed E-state index contributed by atoms with van der Waals surface area (Å²) in [4.78, 5) is 26.2. The highest BCUT2D eigenvalue weighted by molar-refractivity contribution is 7.12. The third-order valence-corrected chi connectivity index (χ3v) is 4.59. The fourth-order valence-corrected chi connectivity index (χ4v) is 3.27. The lowest BCUT2D eigenvalue weighted by atomic mass is 10.2. The topological polar surface area (TPSA) is 64.6 Å². The Kier molecular flexibility index (Phi) is 5.85. The summed E-state index contributed by atoms with van der Waals surface area (Å²) < 4.78 is 10.3. The maximum Gasteiger partial charge on any atom is 0.340 e. The largest absolute Gasteiger partial charge is 0.495 e. The molecule has 1 heterocycles. The summed E-state index contributed by atoms with van der Waals surface area (Å²) in [5, 5.41) is 3.04. The molecule has 0 aliphatic carbocycles. The number of carbonyl (C=O) groups excluding carboxylic acids is 2. The van der Waals surface area contributed by atoms with Crippen LogP contribution in [0.3, 0.4) is 0 Å². The maximum atomic E-state index is 12.2. The highest BCUT2D eigenvalue weighted by Gasteiger charge is 2.21. The number of aryl methyl sites for hydroxylation is 2. The minimum atomic E-state index is -0.932. The van der Waals surface area contributed by atoms with Gasteiger partial charge in [0, 0.05) is 15.4 Å². The molecule has 0 saturated heterocycles. The van der Waals surface area contributed by atoms with E-state index >= 15 is 0 Å². The average molecular weight is 368 g/mol. The minimum absolute atomic E-state index is 0.379. The zero-order valence-electron chi connectivity index (χ0n) is 13.8. The highest BCUT2D eigenvalue weighted by Crippen LogP contribution is 2.27. The van der Waals surface area contributed by atoms with Gasteiger partial charge in [0.2, 0.25) is 0 Å². The van der Waals surface area contributed by atoms with Gasteiger partial charge in [-0.3, -0.25) is 4.79 Å². The van der Waals surface area contributed by atoms with Crippen LogP contribution in [-0.2, 0) is 9.53 Å². The summed E-state index contributed by atoms with van der Waals surface area (Å²) in [5.74, 6) is -0.432. The number of hydrogen-bond donors (Lipinski definition) is 1. The number of methoxy groups -OCH3 is 1. The summed E-state index contributed by atoms with van der Waals surface area (Å²) in [6.45, 7) is 5.28. The molecule has 1 aromatic heterocycles. The summed E-state index contributed by atoms with van der Waals surface area (Å²) in [6.07, 6.45) is -0.932. The molecule has 1 atom stereocenters. The first-order valence-electron chi connectivity index (χ1n) is 7.24. The van der Waals surface area contributed by atoms with Crippen molar-refractivity contribution >= 4 is 40.5 Å². The van der Waals surface area contributed by atoms with E-state index in [9.17, 15) is 9.59 Å². The fourth-order valence-electron chi connectivity index (χ4n) is 2.10. The van der Waals surface area contributed by atoms with E-state index in [-0.39, 0.29) is 0 Å². The molecule has 1 aromatic carbocycles. The van der Waals surface area contributed by atoms with Gasteiger partial charge in [-0.25, -0.2) is 4.79 Å². The van der Waals surface area contributed by atoms with Crippen LogP contribution in [-0.4, -0.2) is 25.1 Å². The Balaban J connectivity index is 2.00. The smallest absolute Gasteiger partial charge is 0.340 e. The van der Waals surface area contributed by atoms with Crippen molar-refractivity contribution < 1.29 is 19.1 Å². The van der Waals surface area contributed by atoms with Crippen LogP contribution in [0.25, 0.3) is 0 Å². The first kappa shape index (κ1) is 18.3. The van der Waals surface area contributed by atoms with E-state index in [1.807, 2.05) is 13.8 Å². The molecule has 24 heavy (non-hydrogen) atoms. The van der Waals surface area contributed by atoms with Gasteiger partial charge in [0.25, 0.3) is 5.91 Å². The Labute approximate surface area is 149 Å². The predicted molar refractivity (Wildman–Crippen MR) is 95.3 cm³/mol. The molecule has 1 amide bonds. The number of carbonyl (C=O) groups is 2. The van der Waals surface area contributed by atoms with E-state index in [4.69, 9.17) is 21.1 Å². The van der Waals surface area contributed by atoms with Gasteiger partial charge in [0.05, 0.1) is 17.7 Å². The fraction of sp³-hybridized carbons (Fsp3) is 0.294. The van der Waals surface area contributed by atoms with Crippen molar-refractivity contribution in [2.75, 3.05) is 12.4 Å². The van der Waals surface area contributed by atoms with Crippen molar-refractivity contribution in [3.63, 3.8) is 0 Å². The minimum Gasteiger partial charge on any atom is -0.495 e. The van der Waals surface area contributed by atoms with Crippen molar-refractivity contribution in [2.45, 2.75) is 26.9 Å². The predicted octanol–water partition coefficient (Wildman–Crippen LogP) is 4.21. The third kappa shape index (κ3) is 4.27. The van der Waals surface area contributed by atoms with Gasteiger partial charge >= 0.3 is 5.97 Å². The van der Waals surface area contributed by atoms with Crippen LogP contribution in [0.5, 0.6) is 5.75 Å². The molecular formula is C17H18ClNO4S. The quantitative estimate of drug-likeness (QED) is 0.804. The second kappa shape index (κ2) is 7.68. The molecule has 0 saturated carbocycles. The number of esters is 1. The van der Waals surface area contributed by atoms with Crippen LogP contribution in [0.1, 0.15) is 27.0 Å². The molecule has 0 spiro atoms. The van der Waals surface area contributed by atoms with Gasteiger partial charge in [0.1, 0.15) is 5.75 Å². The average Bonchev–Trinajstić information content (AvgIpc) is 2.86. The maximum absolute atomic E-state index is 12.2. The van der Waals surface area contributed by atoms with E-state index in [2.05, 4.69) is 5.32 Å². The van der Waals surface area contributed by atoms with Gasteiger partial charge in [-0.05, 0) is 45.0 Å². The third-order valence-electron chi connectivity index (χ3n) is 3.33. The number of nitrogens with one attached hydrogen (secondary N) is 1. The molecule has 0 aliphatic rings. The zero-order chi connectivity index (χ0) is 17.9. The van der Waals surface area contributed by atoms with Gasteiger partial charge in [-0.15, -0.1) is 11.3 Å². The number of ether oxygens (including phenoxy) is 2. The first-order valence-corrected chi connectivity index (χ1v) is 8.43. The van der Waals surface area contributed by atoms with Crippen molar-refractivity contribution in [2.24, 2.45) is 0 Å². The Bertz CT molecular complexity index is 772. The van der Waals surface area contributed by atoms with E-state index in [0.717, 1.165) is 9.75 Å².